The standard InChI is InChI=1S/C7H16NO3S/c1-3-12(9,10)11-8(2)6-4-5-7-8/h3-7H2,1-2H3/q+1. The van der Waals surface area contributed by atoms with E-state index in [0.29, 0.717) is 0 Å². The van der Waals surface area contributed by atoms with Gasteiger partial charge in [-0.3, -0.25) is 0 Å². The molecule has 1 heterocycles. The van der Waals surface area contributed by atoms with E-state index in [4.69, 9.17) is 4.28 Å². The summed E-state index contributed by atoms with van der Waals surface area (Å²) >= 11 is 0. The van der Waals surface area contributed by atoms with Crippen LogP contribution < -0.4 is 0 Å². The topological polar surface area (TPSA) is 43.4 Å². The summed E-state index contributed by atoms with van der Waals surface area (Å²) in [6, 6.07) is 0. The quantitative estimate of drug-likeness (QED) is 0.615. The molecule has 0 bridgehead atoms. The molecule has 0 aromatic rings. The van der Waals surface area contributed by atoms with Crippen molar-refractivity contribution in [2.75, 3.05) is 25.9 Å². The van der Waals surface area contributed by atoms with E-state index < -0.39 is 10.1 Å². The molecular formula is C7H16NO3S+. The van der Waals surface area contributed by atoms with Crippen LogP contribution in [0.5, 0.6) is 0 Å². The number of hydroxylamine groups is 3. The molecule has 0 aromatic carbocycles. The molecule has 0 spiro atoms. The molecule has 1 rings (SSSR count). The van der Waals surface area contributed by atoms with Crippen LogP contribution in [0.2, 0.25) is 0 Å². The molecule has 4 nitrogen and oxygen atoms in total. The lowest BCUT2D eigenvalue weighted by atomic mass is 10.4. The molecule has 12 heavy (non-hydrogen) atoms. The van der Waals surface area contributed by atoms with E-state index >= 15 is 0 Å². The van der Waals surface area contributed by atoms with E-state index in [2.05, 4.69) is 0 Å². The Morgan fingerprint density at radius 3 is 2.25 bits per heavy atom. The molecule has 0 unspecified atom stereocenters. The fraction of sp³-hybridized carbons (Fsp3) is 1.00. The van der Waals surface area contributed by atoms with Gasteiger partial charge in [0, 0.05) is 12.8 Å². The summed E-state index contributed by atoms with van der Waals surface area (Å²) in [6.45, 7) is 3.20. The molecule has 1 aliphatic heterocycles. The van der Waals surface area contributed by atoms with Crippen molar-refractivity contribution < 1.29 is 17.3 Å². The Kier molecular flexibility index (Phi) is 2.75. The summed E-state index contributed by atoms with van der Waals surface area (Å²) in [5.74, 6) is 0.0564. The predicted molar refractivity (Wildman–Crippen MR) is 45.7 cm³/mol. The van der Waals surface area contributed by atoms with Crippen LogP contribution >= 0.6 is 0 Å². The van der Waals surface area contributed by atoms with Gasteiger partial charge >= 0.3 is 10.1 Å². The minimum absolute atomic E-state index is 0.0564. The van der Waals surface area contributed by atoms with E-state index in [9.17, 15) is 8.42 Å². The monoisotopic (exact) mass is 194 g/mol. The molecule has 72 valence electrons. The fourth-order valence-corrected chi connectivity index (χ4v) is 2.21. The van der Waals surface area contributed by atoms with E-state index in [-0.39, 0.29) is 10.4 Å². The largest absolute Gasteiger partial charge is 0.313 e. The number of nitrogens with zero attached hydrogens (tertiary/aromatic N) is 1. The van der Waals surface area contributed by atoms with Crippen molar-refractivity contribution in [3.05, 3.63) is 0 Å². The zero-order chi connectivity index (χ0) is 9.24. The average molecular weight is 194 g/mol. The Morgan fingerprint density at radius 2 is 1.83 bits per heavy atom. The second kappa shape index (κ2) is 3.32. The normalized spacial score (nSPS) is 22.8. The van der Waals surface area contributed by atoms with Crippen LogP contribution in [-0.4, -0.2) is 39.0 Å². The minimum atomic E-state index is -3.29. The third-order valence-corrected chi connectivity index (χ3v) is 3.45. The van der Waals surface area contributed by atoms with Crippen molar-refractivity contribution in [1.29, 1.82) is 0 Å². The first-order chi connectivity index (χ1) is 5.47. The van der Waals surface area contributed by atoms with Gasteiger partial charge in [0.05, 0.1) is 5.75 Å². The lowest BCUT2D eigenvalue weighted by Gasteiger charge is -2.24. The highest BCUT2D eigenvalue weighted by molar-refractivity contribution is 7.86. The maximum atomic E-state index is 11.1. The lowest BCUT2D eigenvalue weighted by Crippen LogP contribution is -2.43. The maximum Gasteiger partial charge on any atom is 0.313 e. The molecule has 1 fully saturated rings. The molecule has 0 atom stereocenters. The van der Waals surface area contributed by atoms with Crippen LogP contribution in [0.25, 0.3) is 0 Å². The van der Waals surface area contributed by atoms with E-state index in [0.717, 1.165) is 25.9 Å². The lowest BCUT2D eigenvalue weighted by molar-refractivity contribution is -1.06. The van der Waals surface area contributed by atoms with Crippen LogP contribution in [-0.2, 0) is 14.4 Å². The van der Waals surface area contributed by atoms with Gasteiger partial charge in [0.2, 0.25) is 0 Å². The van der Waals surface area contributed by atoms with Gasteiger partial charge in [-0.25, -0.2) is 0 Å². The molecule has 0 aromatic heterocycles. The number of likely N-dealkylation sites (tertiary alicyclic amines) is 1. The Labute approximate surface area is 73.8 Å². The summed E-state index contributed by atoms with van der Waals surface area (Å²) in [7, 11) is -1.47. The first-order valence-corrected chi connectivity index (χ1v) is 5.84. The number of quaternary nitrogens is 1. The second-order valence-electron chi connectivity index (χ2n) is 3.37. The van der Waals surface area contributed by atoms with E-state index in [1.54, 1.807) is 6.92 Å². The Morgan fingerprint density at radius 1 is 1.33 bits per heavy atom. The Bertz CT molecular complexity index is 241. The average Bonchev–Trinajstić information content (AvgIpc) is 2.35. The number of hydrogen-bond acceptors (Lipinski definition) is 3. The minimum Gasteiger partial charge on any atom is -0.194 e. The first-order valence-electron chi connectivity index (χ1n) is 4.26. The van der Waals surface area contributed by atoms with Gasteiger partial charge in [-0.05, 0) is 6.92 Å². The molecule has 1 saturated heterocycles. The van der Waals surface area contributed by atoms with Crippen LogP contribution in [0.15, 0.2) is 0 Å². The summed E-state index contributed by atoms with van der Waals surface area (Å²) in [4.78, 5) is 0. The summed E-state index contributed by atoms with van der Waals surface area (Å²) in [5, 5.41) is 0. The van der Waals surface area contributed by atoms with Crippen molar-refractivity contribution in [2.24, 2.45) is 0 Å². The van der Waals surface area contributed by atoms with Crippen LogP contribution in [0.3, 0.4) is 0 Å². The summed E-state index contributed by atoms with van der Waals surface area (Å²) in [6.07, 6.45) is 2.10. The van der Waals surface area contributed by atoms with Crippen molar-refractivity contribution >= 4 is 10.1 Å². The Balaban J connectivity index is 2.61. The molecule has 0 amide bonds. The number of rotatable bonds is 3. The third kappa shape index (κ3) is 2.43. The van der Waals surface area contributed by atoms with Crippen LogP contribution in [0.1, 0.15) is 19.8 Å². The van der Waals surface area contributed by atoms with Crippen molar-refractivity contribution in [3.8, 4) is 0 Å². The van der Waals surface area contributed by atoms with Crippen LogP contribution in [0.4, 0.5) is 0 Å². The molecule has 0 saturated carbocycles. The molecule has 5 heteroatoms. The fourth-order valence-electron chi connectivity index (χ4n) is 1.41. The number of hydrogen-bond donors (Lipinski definition) is 0. The van der Waals surface area contributed by atoms with Crippen LogP contribution in [0, 0.1) is 0 Å². The van der Waals surface area contributed by atoms with Crippen molar-refractivity contribution in [1.82, 2.24) is 0 Å². The molecular weight excluding hydrogens is 178 g/mol. The maximum absolute atomic E-state index is 11.1. The van der Waals surface area contributed by atoms with Gasteiger partial charge in [-0.15, -0.1) is 0 Å². The highest BCUT2D eigenvalue weighted by atomic mass is 32.2. The van der Waals surface area contributed by atoms with Gasteiger partial charge in [-0.1, -0.05) is 4.28 Å². The molecule has 0 aliphatic carbocycles. The molecule has 0 N–H and O–H groups in total. The smallest absolute Gasteiger partial charge is 0.194 e. The van der Waals surface area contributed by atoms with Crippen molar-refractivity contribution in [2.45, 2.75) is 19.8 Å². The van der Waals surface area contributed by atoms with E-state index in [1.807, 2.05) is 7.05 Å². The zero-order valence-electron chi connectivity index (χ0n) is 7.62. The van der Waals surface area contributed by atoms with Gasteiger partial charge in [0.25, 0.3) is 0 Å². The summed E-state index contributed by atoms with van der Waals surface area (Å²) < 4.78 is 27.5. The van der Waals surface area contributed by atoms with Gasteiger partial charge in [-0.2, -0.15) is 13.1 Å². The second-order valence-corrected chi connectivity index (χ2v) is 5.21. The summed E-state index contributed by atoms with van der Waals surface area (Å²) in [5.41, 5.74) is 0. The highest BCUT2D eigenvalue weighted by Gasteiger charge is 2.34. The predicted octanol–water partition coefficient (Wildman–Crippen LogP) is 0.508. The van der Waals surface area contributed by atoms with Crippen molar-refractivity contribution in [3.63, 3.8) is 0 Å². The van der Waals surface area contributed by atoms with E-state index in [1.165, 1.54) is 0 Å². The highest BCUT2D eigenvalue weighted by Crippen LogP contribution is 2.19. The first kappa shape index (κ1) is 9.95. The SMILES string of the molecule is CCS(=O)(=O)O[N+]1(C)CCCC1. The van der Waals surface area contributed by atoms with Gasteiger partial charge < -0.3 is 0 Å². The zero-order valence-corrected chi connectivity index (χ0v) is 8.43. The molecule has 0 radical (unpaired) electrons. The van der Waals surface area contributed by atoms with Gasteiger partial charge in [0.15, 0.2) is 0 Å². The molecule has 1 aliphatic rings. The van der Waals surface area contributed by atoms with Gasteiger partial charge in [0.1, 0.15) is 20.1 Å². The Hall–Kier alpha value is -0.130. The third-order valence-electron chi connectivity index (χ3n) is 2.16.